The van der Waals surface area contributed by atoms with Crippen LogP contribution in [0.15, 0.2) is 121 Å². The summed E-state index contributed by atoms with van der Waals surface area (Å²) in [5, 5.41) is 6.67. The summed E-state index contributed by atoms with van der Waals surface area (Å²) in [7, 11) is 0. The first-order chi connectivity index (χ1) is 28.1. The van der Waals surface area contributed by atoms with Crippen LogP contribution in [0.25, 0.3) is 32.7 Å². The van der Waals surface area contributed by atoms with Crippen LogP contribution in [0.5, 0.6) is 0 Å². The van der Waals surface area contributed by atoms with E-state index in [1.165, 1.54) is 0 Å². The van der Waals surface area contributed by atoms with Crippen molar-refractivity contribution < 1.29 is 9.59 Å². The van der Waals surface area contributed by atoms with Gasteiger partial charge in [-0.15, -0.1) is 0 Å². The molecule has 0 spiro atoms. The summed E-state index contributed by atoms with van der Waals surface area (Å²) >= 11 is 0. The standard InChI is InChI=1S/C58H56O2/c1-55(2,3)33-21-25-41-45(29-33)53(59)46-30-34(56(4,5)6)22-26-42(46)51(41)49-37-17-13-15-19-39(37)50(40-20-16-14-18-38(40)49)52-43-27-23-35(57(7,8)9)31-47(43)54(60)48-32-36(58(10,11)12)24-28-44(48)52/h13-32H,1-12H3. The maximum Gasteiger partial charge on any atom is 0.194 e. The van der Waals surface area contributed by atoms with E-state index in [2.05, 4.69) is 204 Å². The van der Waals surface area contributed by atoms with Gasteiger partial charge >= 0.3 is 0 Å². The highest BCUT2D eigenvalue weighted by atomic mass is 16.1. The quantitative estimate of drug-likeness (QED) is 0.144. The van der Waals surface area contributed by atoms with Crippen molar-refractivity contribution >= 4 is 44.3 Å². The molecule has 0 saturated heterocycles. The zero-order chi connectivity index (χ0) is 42.8. The Morgan fingerprint density at radius 2 is 0.500 bits per heavy atom. The number of ketones is 2. The average molecular weight is 785 g/mol. The van der Waals surface area contributed by atoms with E-state index in [1.54, 1.807) is 0 Å². The Kier molecular flexibility index (Phi) is 8.79. The van der Waals surface area contributed by atoms with Gasteiger partial charge in [0.05, 0.1) is 0 Å². The van der Waals surface area contributed by atoms with Gasteiger partial charge in [0, 0.05) is 22.3 Å². The Labute approximate surface area is 355 Å². The number of benzene rings is 7. The topological polar surface area (TPSA) is 34.1 Å². The van der Waals surface area contributed by atoms with Crippen LogP contribution in [-0.2, 0) is 21.7 Å². The van der Waals surface area contributed by atoms with Crippen LogP contribution in [0.2, 0.25) is 0 Å². The maximum atomic E-state index is 14.8. The highest BCUT2D eigenvalue weighted by Gasteiger charge is 2.34. The number of hydrogen-bond acceptors (Lipinski definition) is 2. The summed E-state index contributed by atoms with van der Waals surface area (Å²) in [6.45, 7) is 26.5. The summed E-state index contributed by atoms with van der Waals surface area (Å²) in [6, 6.07) is 43.7. The minimum Gasteiger partial charge on any atom is -0.289 e. The van der Waals surface area contributed by atoms with Crippen molar-refractivity contribution in [1.29, 1.82) is 0 Å². The molecule has 0 saturated carbocycles. The zero-order valence-electron chi connectivity index (χ0n) is 37.4. The summed E-state index contributed by atoms with van der Waals surface area (Å²) < 4.78 is 0. The van der Waals surface area contributed by atoms with Gasteiger partial charge in [-0.2, -0.15) is 0 Å². The van der Waals surface area contributed by atoms with Crippen LogP contribution in [0.3, 0.4) is 0 Å². The summed E-state index contributed by atoms with van der Waals surface area (Å²) in [5.74, 6) is 0.150. The van der Waals surface area contributed by atoms with Crippen molar-refractivity contribution in [3.63, 3.8) is 0 Å². The van der Waals surface area contributed by atoms with Crippen molar-refractivity contribution in [3.8, 4) is 0 Å². The van der Waals surface area contributed by atoms with Gasteiger partial charge in [-0.3, -0.25) is 9.59 Å². The lowest BCUT2D eigenvalue weighted by molar-refractivity contribution is 0.102. The molecule has 2 aliphatic carbocycles. The number of carbonyl (C=O) groups excluding carboxylic acids is 2. The third-order valence-electron chi connectivity index (χ3n) is 13.0. The second kappa shape index (κ2) is 13.3. The second-order valence-corrected chi connectivity index (χ2v) is 21.3. The SMILES string of the molecule is CC(C)(C)c1ccc2c(c1)C(=O)c1cc(C(C)(C)C)ccc1C2=c1c2ccccc2c(=C2c3ccc(C(C)(C)C)cc3C(=O)c3cc(C(C)(C)C)ccc32)c2ccccc12. The van der Waals surface area contributed by atoms with Gasteiger partial charge in [-0.25, -0.2) is 0 Å². The van der Waals surface area contributed by atoms with Crippen molar-refractivity contribution in [1.82, 2.24) is 0 Å². The molecule has 7 aromatic carbocycles. The number of rotatable bonds is 0. The van der Waals surface area contributed by atoms with Gasteiger partial charge in [0.2, 0.25) is 0 Å². The number of carbonyl (C=O) groups is 2. The molecule has 7 aromatic rings. The van der Waals surface area contributed by atoms with Crippen LogP contribution in [-0.4, -0.2) is 11.6 Å². The summed E-state index contributed by atoms with van der Waals surface area (Å²) in [6.07, 6.45) is 0. The molecule has 0 atom stereocenters. The lowest BCUT2D eigenvalue weighted by atomic mass is 9.73. The molecular weight excluding hydrogens is 729 g/mol. The minimum absolute atomic E-state index is 0.0751. The Hall–Kier alpha value is -5.86. The molecule has 0 amide bonds. The molecule has 2 nitrogen and oxygen atoms in total. The van der Waals surface area contributed by atoms with E-state index in [0.29, 0.717) is 0 Å². The molecule has 0 N–H and O–H groups in total. The molecule has 2 heteroatoms. The monoisotopic (exact) mass is 784 g/mol. The van der Waals surface area contributed by atoms with Crippen LogP contribution < -0.4 is 10.4 Å². The summed E-state index contributed by atoms with van der Waals surface area (Å²) in [4.78, 5) is 29.6. The Morgan fingerprint density at radius 1 is 0.283 bits per heavy atom. The molecule has 2 aliphatic rings. The predicted molar refractivity (Wildman–Crippen MR) is 251 cm³/mol. The van der Waals surface area contributed by atoms with Crippen LogP contribution in [0, 0.1) is 0 Å². The largest absolute Gasteiger partial charge is 0.289 e. The van der Waals surface area contributed by atoms with Crippen molar-refractivity contribution in [2.75, 3.05) is 0 Å². The average Bonchev–Trinajstić information content (AvgIpc) is 3.19. The molecule has 0 aromatic heterocycles. The molecule has 0 heterocycles. The third-order valence-corrected chi connectivity index (χ3v) is 13.0. The fourth-order valence-corrected chi connectivity index (χ4v) is 9.45. The van der Waals surface area contributed by atoms with Gasteiger partial charge in [0.1, 0.15) is 0 Å². The fraction of sp³-hybridized carbons (Fsp3) is 0.276. The first kappa shape index (κ1) is 39.6. The van der Waals surface area contributed by atoms with Gasteiger partial charge in [-0.05, 0) is 134 Å². The van der Waals surface area contributed by atoms with Crippen LogP contribution in [0.1, 0.15) is 159 Å². The van der Waals surface area contributed by atoms with E-state index in [0.717, 1.165) is 110 Å². The van der Waals surface area contributed by atoms with Gasteiger partial charge in [0.15, 0.2) is 11.6 Å². The molecule has 0 bridgehead atoms. The first-order valence-electron chi connectivity index (χ1n) is 21.5. The fourth-order valence-electron chi connectivity index (χ4n) is 9.45. The van der Waals surface area contributed by atoms with E-state index in [9.17, 15) is 9.59 Å². The molecule has 9 rings (SSSR count). The first-order valence-corrected chi connectivity index (χ1v) is 21.5. The molecular formula is C58H56O2. The zero-order valence-corrected chi connectivity index (χ0v) is 37.4. The second-order valence-electron chi connectivity index (χ2n) is 21.3. The molecule has 60 heavy (non-hydrogen) atoms. The molecule has 300 valence electrons. The highest BCUT2D eigenvalue weighted by molar-refractivity contribution is 6.22. The van der Waals surface area contributed by atoms with E-state index < -0.39 is 0 Å². The lowest BCUT2D eigenvalue weighted by Crippen LogP contribution is -2.27. The molecule has 0 radical (unpaired) electrons. The molecule has 0 unspecified atom stereocenters. The van der Waals surface area contributed by atoms with Crippen molar-refractivity contribution in [2.24, 2.45) is 0 Å². The van der Waals surface area contributed by atoms with E-state index in [4.69, 9.17) is 0 Å². The Bertz CT molecular complexity index is 2730. The normalized spacial score (nSPS) is 14.3. The Balaban J connectivity index is 1.52. The smallest absolute Gasteiger partial charge is 0.194 e. The highest BCUT2D eigenvalue weighted by Crippen LogP contribution is 2.42. The van der Waals surface area contributed by atoms with E-state index in [-0.39, 0.29) is 33.2 Å². The third kappa shape index (κ3) is 6.21. The van der Waals surface area contributed by atoms with Gasteiger partial charge in [-0.1, -0.05) is 180 Å². The van der Waals surface area contributed by atoms with Crippen LogP contribution in [0.4, 0.5) is 0 Å². The number of fused-ring (bicyclic) bond motifs is 6. The molecule has 0 aliphatic heterocycles. The number of hydrogen-bond donors (Lipinski definition) is 0. The summed E-state index contributed by atoms with van der Waals surface area (Å²) in [5.41, 5.74) is 13.0. The Morgan fingerprint density at radius 3 is 0.700 bits per heavy atom. The van der Waals surface area contributed by atoms with E-state index in [1.807, 2.05) is 0 Å². The van der Waals surface area contributed by atoms with Crippen LogP contribution >= 0.6 is 0 Å². The van der Waals surface area contributed by atoms with Gasteiger partial charge in [0.25, 0.3) is 0 Å². The van der Waals surface area contributed by atoms with Crippen molar-refractivity contribution in [3.05, 3.63) is 199 Å². The van der Waals surface area contributed by atoms with Crippen molar-refractivity contribution in [2.45, 2.75) is 105 Å². The molecule has 0 fully saturated rings. The predicted octanol–water partition coefficient (Wildman–Crippen LogP) is 12.8. The van der Waals surface area contributed by atoms with Gasteiger partial charge < -0.3 is 0 Å². The lowest BCUT2D eigenvalue weighted by Gasteiger charge is -2.29. The maximum absolute atomic E-state index is 14.8. The minimum atomic E-state index is -0.128. The van der Waals surface area contributed by atoms with E-state index >= 15 is 0 Å².